The molecular weight excluding hydrogens is 240 g/mol. The third-order valence-electron chi connectivity index (χ3n) is 2.99. The number of ketones is 1. The molecule has 0 aromatic carbocycles. The van der Waals surface area contributed by atoms with E-state index in [4.69, 9.17) is 4.74 Å². The van der Waals surface area contributed by atoms with Gasteiger partial charge in [-0.1, -0.05) is 31.8 Å². The molecule has 3 heteroatoms. The number of allylic oxidation sites excluding steroid dienone is 3. The Kier molecular flexibility index (Phi) is 7.56. The average Bonchev–Trinajstić information content (AvgIpc) is 2.78. The highest BCUT2D eigenvalue weighted by atomic mass is 16.5. The summed E-state index contributed by atoms with van der Waals surface area (Å²) in [4.78, 5) is 22.3. The number of esters is 1. The van der Waals surface area contributed by atoms with Crippen LogP contribution in [0.25, 0.3) is 0 Å². The molecule has 0 atom stereocenters. The first-order chi connectivity index (χ1) is 9.22. The molecule has 1 heterocycles. The molecule has 104 valence electrons. The minimum atomic E-state index is -0.404. The number of unbranched alkanes of at least 4 members (excludes halogenated alkanes) is 6. The molecule has 1 aliphatic rings. The van der Waals surface area contributed by atoms with Crippen LogP contribution in [0.5, 0.6) is 0 Å². The highest BCUT2D eigenvalue weighted by Crippen LogP contribution is 2.12. The molecule has 0 spiro atoms. The summed E-state index contributed by atoms with van der Waals surface area (Å²) >= 11 is 0. The second-order valence-electron chi connectivity index (χ2n) is 4.72. The Morgan fingerprint density at radius 2 is 1.79 bits per heavy atom. The van der Waals surface area contributed by atoms with E-state index in [9.17, 15) is 9.59 Å². The van der Waals surface area contributed by atoms with E-state index in [1.165, 1.54) is 43.9 Å². The molecule has 0 amide bonds. The summed E-state index contributed by atoms with van der Waals surface area (Å²) in [6.45, 7) is 3.70. The van der Waals surface area contributed by atoms with E-state index in [0.29, 0.717) is 12.2 Å². The first-order valence-corrected chi connectivity index (χ1v) is 6.97. The number of carbonyl (C=O) groups is 2. The van der Waals surface area contributed by atoms with E-state index in [2.05, 4.69) is 6.58 Å². The van der Waals surface area contributed by atoms with E-state index in [0.717, 1.165) is 19.3 Å². The molecule has 19 heavy (non-hydrogen) atoms. The highest BCUT2D eigenvalue weighted by molar-refractivity contribution is 5.93. The summed E-state index contributed by atoms with van der Waals surface area (Å²) in [6.07, 6.45) is 14.7. The summed E-state index contributed by atoms with van der Waals surface area (Å²) in [7, 11) is 0. The van der Waals surface area contributed by atoms with Gasteiger partial charge in [-0.25, -0.2) is 4.79 Å². The number of carbonyl (C=O) groups excluding carboxylic acids is 2. The molecule has 0 radical (unpaired) electrons. The van der Waals surface area contributed by atoms with Crippen molar-refractivity contribution in [1.82, 2.24) is 0 Å². The van der Waals surface area contributed by atoms with Crippen molar-refractivity contribution in [2.75, 3.05) is 0 Å². The maximum atomic E-state index is 11.6. The van der Waals surface area contributed by atoms with Gasteiger partial charge in [0.2, 0.25) is 0 Å². The molecule has 1 rings (SSSR count). The summed E-state index contributed by atoms with van der Waals surface area (Å²) < 4.78 is 4.80. The van der Waals surface area contributed by atoms with E-state index >= 15 is 0 Å². The summed E-state index contributed by atoms with van der Waals surface area (Å²) in [5.74, 6) is -0.0148. The van der Waals surface area contributed by atoms with Crippen molar-refractivity contribution < 1.29 is 14.3 Å². The molecule has 0 aliphatic carbocycles. The number of ether oxygens (including phenoxy) is 1. The molecule has 0 saturated carbocycles. The standard InChI is InChI=1S/C16H22O3/c1-2-3-4-5-6-7-8-9-10-14(17)13-15-11-12-16(18)19-15/h2,11-13H,1,3-10H2/b15-13+. The second-order valence-corrected chi connectivity index (χ2v) is 4.72. The van der Waals surface area contributed by atoms with Crippen molar-refractivity contribution >= 4 is 11.8 Å². The minimum absolute atomic E-state index is 0.0287. The zero-order chi connectivity index (χ0) is 13.9. The van der Waals surface area contributed by atoms with Gasteiger partial charge in [0.05, 0.1) is 0 Å². The van der Waals surface area contributed by atoms with Crippen molar-refractivity contribution in [1.29, 1.82) is 0 Å². The monoisotopic (exact) mass is 262 g/mol. The Labute approximate surface area is 115 Å². The third kappa shape index (κ3) is 7.39. The SMILES string of the molecule is C=CCCCCCCCCC(=O)/C=C1\C=CC(=O)O1. The molecule has 0 aromatic rings. The van der Waals surface area contributed by atoms with Gasteiger partial charge in [-0.05, 0) is 25.3 Å². The quantitative estimate of drug-likeness (QED) is 0.260. The topological polar surface area (TPSA) is 43.4 Å². The van der Waals surface area contributed by atoms with Gasteiger partial charge >= 0.3 is 5.97 Å². The van der Waals surface area contributed by atoms with Gasteiger partial charge in [-0.2, -0.15) is 0 Å². The fourth-order valence-electron chi connectivity index (χ4n) is 1.94. The van der Waals surface area contributed by atoms with Crippen LogP contribution in [0.2, 0.25) is 0 Å². The normalized spacial score (nSPS) is 15.8. The predicted molar refractivity (Wildman–Crippen MR) is 75.5 cm³/mol. The molecular formula is C16H22O3. The van der Waals surface area contributed by atoms with Crippen molar-refractivity contribution in [3.05, 3.63) is 36.6 Å². The van der Waals surface area contributed by atoms with E-state index in [1.807, 2.05) is 6.08 Å². The highest BCUT2D eigenvalue weighted by Gasteiger charge is 2.10. The Hall–Kier alpha value is -1.64. The van der Waals surface area contributed by atoms with E-state index in [-0.39, 0.29) is 5.78 Å². The van der Waals surface area contributed by atoms with Crippen LogP contribution in [-0.2, 0) is 14.3 Å². The van der Waals surface area contributed by atoms with Crippen molar-refractivity contribution in [3.63, 3.8) is 0 Å². The van der Waals surface area contributed by atoms with Crippen LogP contribution in [0.1, 0.15) is 51.4 Å². The zero-order valence-electron chi connectivity index (χ0n) is 11.4. The lowest BCUT2D eigenvalue weighted by molar-refractivity contribution is -0.132. The van der Waals surface area contributed by atoms with Gasteiger partial charge in [0.15, 0.2) is 5.78 Å². The lowest BCUT2D eigenvalue weighted by Gasteiger charge is -2.00. The van der Waals surface area contributed by atoms with Crippen LogP contribution in [0.4, 0.5) is 0 Å². The maximum absolute atomic E-state index is 11.6. The van der Waals surface area contributed by atoms with Crippen molar-refractivity contribution in [2.24, 2.45) is 0 Å². The van der Waals surface area contributed by atoms with Gasteiger partial charge in [-0.3, -0.25) is 4.79 Å². The summed E-state index contributed by atoms with van der Waals surface area (Å²) in [5.41, 5.74) is 0. The predicted octanol–water partition coefficient (Wildman–Crippen LogP) is 3.86. The van der Waals surface area contributed by atoms with Crippen molar-refractivity contribution in [2.45, 2.75) is 51.4 Å². The Bertz CT molecular complexity index is 377. The maximum Gasteiger partial charge on any atom is 0.336 e. The van der Waals surface area contributed by atoms with Gasteiger partial charge in [0, 0.05) is 18.6 Å². The van der Waals surface area contributed by atoms with Crippen LogP contribution in [0.3, 0.4) is 0 Å². The van der Waals surface area contributed by atoms with Crippen LogP contribution in [-0.4, -0.2) is 11.8 Å². The fraction of sp³-hybridized carbons (Fsp3) is 0.500. The van der Waals surface area contributed by atoms with Crippen LogP contribution < -0.4 is 0 Å². The molecule has 3 nitrogen and oxygen atoms in total. The van der Waals surface area contributed by atoms with Crippen LogP contribution in [0, 0.1) is 0 Å². The van der Waals surface area contributed by atoms with E-state index in [1.54, 1.807) is 0 Å². The number of hydrogen-bond acceptors (Lipinski definition) is 3. The summed E-state index contributed by atoms with van der Waals surface area (Å²) in [5, 5.41) is 0. The fourth-order valence-corrected chi connectivity index (χ4v) is 1.94. The number of hydrogen-bond donors (Lipinski definition) is 0. The molecule has 0 fully saturated rings. The van der Waals surface area contributed by atoms with E-state index < -0.39 is 5.97 Å². The second kappa shape index (κ2) is 9.31. The molecule has 0 bridgehead atoms. The Balaban J connectivity index is 2.00. The third-order valence-corrected chi connectivity index (χ3v) is 2.99. The number of rotatable bonds is 10. The van der Waals surface area contributed by atoms with Crippen LogP contribution in [0.15, 0.2) is 36.6 Å². The average molecular weight is 262 g/mol. The Morgan fingerprint density at radius 3 is 2.42 bits per heavy atom. The van der Waals surface area contributed by atoms with Crippen LogP contribution >= 0.6 is 0 Å². The van der Waals surface area contributed by atoms with Gasteiger partial charge < -0.3 is 4.74 Å². The Morgan fingerprint density at radius 1 is 1.11 bits per heavy atom. The van der Waals surface area contributed by atoms with Gasteiger partial charge in [0.25, 0.3) is 0 Å². The largest absolute Gasteiger partial charge is 0.423 e. The molecule has 0 saturated heterocycles. The van der Waals surface area contributed by atoms with Gasteiger partial charge in [-0.15, -0.1) is 6.58 Å². The first-order valence-electron chi connectivity index (χ1n) is 6.97. The lowest BCUT2D eigenvalue weighted by Crippen LogP contribution is -1.97. The minimum Gasteiger partial charge on any atom is -0.423 e. The van der Waals surface area contributed by atoms with Gasteiger partial charge in [0.1, 0.15) is 5.76 Å². The summed E-state index contributed by atoms with van der Waals surface area (Å²) in [6, 6.07) is 0. The molecule has 1 aliphatic heterocycles. The molecule has 0 unspecified atom stereocenters. The van der Waals surface area contributed by atoms with Crippen molar-refractivity contribution in [3.8, 4) is 0 Å². The smallest absolute Gasteiger partial charge is 0.336 e. The lowest BCUT2D eigenvalue weighted by atomic mass is 10.1. The molecule has 0 aromatic heterocycles. The zero-order valence-corrected chi connectivity index (χ0v) is 11.4. The number of cyclic esters (lactones) is 1. The first kappa shape index (κ1) is 15.4. The molecule has 0 N–H and O–H groups in total.